The van der Waals surface area contributed by atoms with Crippen molar-refractivity contribution in [1.29, 1.82) is 0 Å². The maximum absolute atomic E-state index is 12.0. The van der Waals surface area contributed by atoms with Crippen LogP contribution in [0.25, 0.3) is 0 Å². The van der Waals surface area contributed by atoms with Crippen LogP contribution in [-0.4, -0.2) is 32.2 Å². The number of aryl methyl sites for hydroxylation is 2. The summed E-state index contributed by atoms with van der Waals surface area (Å²) in [5.41, 5.74) is 11.0. The number of anilines is 1. The van der Waals surface area contributed by atoms with Crippen molar-refractivity contribution in [3.63, 3.8) is 0 Å². The molecule has 1 aliphatic heterocycles. The van der Waals surface area contributed by atoms with Crippen molar-refractivity contribution in [2.24, 2.45) is 11.7 Å². The summed E-state index contributed by atoms with van der Waals surface area (Å²) in [4.78, 5) is 14.1. The number of carbonyl (C=O) groups is 1. The predicted molar refractivity (Wildman–Crippen MR) is 142 cm³/mol. The highest BCUT2D eigenvalue weighted by Crippen LogP contribution is 2.34. The van der Waals surface area contributed by atoms with Gasteiger partial charge in [-0.1, -0.05) is 53.5 Å². The van der Waals surface area contributed by atoms with Gasteiger partial charge in [0.15, 0.2) is 5.75 Å². The summed E-state index contributed by atoms with van der Waals surface area (Å²) < 4.78 is 11.5. The van der Waals surface area contributed by atoms with Crippen LogP contribution >= 0.6 is 23.2 Å². The van der Waals surface area contributed by atoms with Crippen molar-refractivity contribution in [3.8, 4) is 11.5 Å². The fraction of sp³-hybridized carbons (Fsp3) is 0.321. The molecule has 5 nitrogen and oxygen atoms in total. The molecule has 0 aliphatic carbocycles. The summed E-state index contributed by atoms with van der Waals surface area (Å²) in [6, 6.07) is 19.6. The molecule has 0 saturated carbocycles. The minimum atomic E-state index is -0.373. The molecule has 4 rings (SSSR count). The van der Waals surface area contributed by atoms with Gasteiger partial charge in [0, 0.05) is 12.2 Å². The van der Waals surface area contributed by atoms with Gasteiger partial charge in [0.25, 0.3) is 0 Å². The lowest BCUT2D eigenvalue weighted by Crippen LogP contribution is -2.50. The van der Waals surface area contributed by atoms with E-state index in [1.807, 2.05) is 55.5 Å². The number of nitrogens with zero attached hydrogens (tertiary/aromatic N) is 1. The van der Waals surface area contributed by atoms with Crippen LogP contribution in [0.15, 0.2) is 60.7 Å². The van der Waals surface area contributed by atoms with Crippen LogP contribution < -0.4 is 20.1 Å². The quantitative estimate of drug-likeness (QED) is 0.272. The Bertz CT molecular complexity index is 1130. The summed E-state index contributed by atoms with van der Waals surface area (Å²) in [6.07, 6.45) is 3.25. The van der Waals surface area contributed by atoms with E-state index in [1.165, 1.54) is 5.56 Å². The third-order valence-corrected chi connectivity index (χ3v) is 6.82. The van der Waals surface area contributed by atoms with Crippen molar-refractivity contribution in [3.05, 3.63) is 87.4 Å². The molecule has 3 aromatic rings. The summed E-state index contributed by atoms with van der Waals surface area (Å²) in [5.74, 6) is 0.867. The zero-order valence-corrected chi connectivity index (χ0v) is 21.3. The first kappa shape index (κ1) is 25.4. The Morgan fingerprint density at radius 1 is 1.03 bits per heavy atom. The lowest BCUT2D eigenvalue weighted by Gasteiger charge is -2.38. The van der Waals surface area contributed by atoms with Crippen LogP contribution in [0.5, 0.6) is 11.5 Å². The topological polar surface area (TPSA) is 64.8 Å². The lowest BCUT2D eigenvalue weighted by atomic mass is 9.94. The number of halogens is 2. The molecule has 0 aromatic heterocycles. The summed E-state index contributed by atoms with van der Waals surface area (Å²) in [7, 11) is 0. The van der Waals surface area contributed by atoms with E-state index in [2.05, 4.69) is 17.0 Å². The zero-order chi connectivity index (χ0) is 24.8. The SMILES string of the molecule is Cc1cc(Cl)c(OCCOc2ccc(CC(C=O)C(N)N3CCCc4ccccc43)cc2)c(Cl)c1. The zero-order valence-electron chi connectivity index (χ0n) is 19.8. The highest BCUT2D eigenvalue weighted by atomic mass is 35.5. The molecule has 0 spiro atoms. The van der Waals surface area contributed by atoms with E-state index in [-0.39, 0.29) is 12.1 Å². The second-order valence-electron chi connectivity index (χ2n) is 8.82. The number of para-hydroxylation sites is 1. The van der Waals surface area contributed by atoms with Crippen LogP contribution in [0, 0.1) is 12.8 Å². The normalized spacial score (nSPS) is 14.7. The Hall–Kier alpha value is -2.73. The van der Waals surface area contributed by atoms with E-state index in [9.17, 15) is 4.79 Å². The number of ether oxygens (including phenoxy) is 2. The number of fused-ring (bicyclic) bond motifs is 1. The van der Waals surface area contributed by atoms with Crippen molar-refractivity contribution in [2.45, 2.75) is 32.4 Å². The third-order valence-electron chi connectivity index (χ3n) is 6.26. The second-order valence-corrected chi connectivity index (χ2v) is 9.63. The van der Waals surface area contributed by atoms with Gasteiger partial charge in [-0.2, -0.15) is 0 Å². The Morgan fingerprint density at radius 2 is 1.71 bits per heavy atom. The fourth-order valence-corrected chi connectivity index (χ4v) is 5.18. The molecule has 7 heteroatoms. The minimum absolute atomic E-state index is 0.309. The van der Waals surface area contributed by atoms with E-state index in [0.29, 0.717) is 35.4 Å². The molecular formula is C28H30Cl2N2O3. The van der Waals surface area contributed by atoms with Crippen molar-refractivity contribution in [1.82, 2.24) is 0 Å². The fourth-order valence-electron chi connectivity index (χ4n) is 4.47. The number of benzene rings is 3. The van der Waals surface area contributed by atoms with Gasteiger partial charge in [0.2, 0.25) is 0 Å². The van der Waals surface area contributed by atoms with Crippen LogP contribution in [0.1, 0.15) is 23.1 Å². The molecule has 0 saturated heterocycles. The second kappa shape index (κ2) is 11.8. The molecule has 0 radical (unpaired) electrons. The van der Waals surface area contributed by atoms with E-state index in [4.69, 9.17) is 38.4 Å². The standard InChI is InChI=1S/C28H30Cl2N2O3/c1-19-15-24(29)27(25(30)16-19)35-14-13-34-23-10-8-20(9-11-23)17-22(18-33)28(31)32-12-4-6-21-5-2-3-7-26(21)32/h2-3,5,7-11,15-16,18,22,28H,4,6,12-14,17,31H2,1H3. The van der Waals surface area contributed by atoms with Gasteiger partial charge in [-0.05, 0) is 73.2 Å². The Morgan fingerprint density at radius 3 is 2.43 bits per heavy atom. The number of nitrogens with two attached hydrogens (primary N) is 1. The van der Waals surface area contributed by atoms with E-state index in [1.54, 1.807) is 0 Å². The molecule has 3 aromatic carbocycles. The number of hydrogen-bond acceptors (Lipinski definition) is 5. The maximum Gasteiger partial charge on any atom is 0.156 e. The van der Waals surface area contributed by atoms with E-state index >= 15 is 0 Å². The first-order chi connectivity index (χ1) is 17.0. The highest BCUT2D eigenvalue weighted by molar-refractivity contribution is 6.37. The van der Waals surface area contributed by atoms with Gasteiger partial charge in [-0.15, -0.1) is 0 Å². The molecule has 35 heavy (non-hydrogen) atoms. The average molecular weight is 513 g/mol. The smallest absolute Gasteiger partial charge is 0.156 e. The Kier molecular flexibility index (Phi) is 8.55. The molecule has 0 fully saturated rings. The first-order valence-corrected chi connectivity index (χ1v) is 12.6. The van der Waals surface area contributed by atoms with Crippen LogP contribution in [0.4, 0.5) is 5.69 Å². The number of carbonyl (C=O) groups excluding carboxylic acids is 1. The Balaban J connectivity index is 1.30. The number of rotatable bonds is 10. The minimum Gasteiger partial charge on any atom is -0.490 e. The molecule has 2 unspecified atom stereocenters. The molecule has 184 valence electrons. The summed E-state index contributed by atoms with van der Waals surface area (Å²) in [6.45, 7) is 3.43. The van der Waals surface area contributed by atoms with Gasteiger partial charge in [0.05, 0.1) is 22.1 Å². The Labute approximate surface area is 216 Å². The number of hydrogen-bond donors (Lipinski definition) is 1. The van der Waals surface area contributed by atoms with Crippen LogP contribution in [0.3, 0.4) is 0 Å². The van der Waals surface area contributed by atoms with Gasteiger partial charge in [-0.25, -0.2) is 0 Å². The molecule has 2 N–H and O–H groups in total. The van der Waals surface area contributed by atoms with Gasteiger partial charge in [0.1, 0.15) is 25.2 Å². The molecule has 1 aliphatic rings. The molecule has 2 atom stereocenters. The molecule has 0 bridgehead atoms. The molecule has 0 amide bonds. The summed E-state index contributed by atoms with van der Waals surface area (Å²) >= 11 is 12.4. The van der Waals surface area contributed by atoms with Crippen LogP contribution in [0.2, 0.25) is 10.0 Å². The monoisotopic (exact) mass is 512 g/mol. The maximum atomic E-state index is 12.0. The van der Waals surface area contributed by atoms with Gasteiger partial charge in [-0.3, -0.25) is 0 Å². The third kappa shape index (κ3) is 6.29. The number of aldehydes is 1. The van der Waals surface area contributed by atoms with Gasteiger partial charge < -0.3 is 24.9 Å². The average Bonchev–Trinajstić information content (AvgIpc) is 2.86. The highest BCUT2D eigenvalue weighted by Gasteiger charge is 2.27. The van der Waals surface area contributed by atoms with Crippen molar-refractivity contribution in [2.75, 3.05) is 24.7 Å². The van der Waals surface area contributed by atoms with Crippen molar-refractivity contribution < 1.29 is 14.3 Å². The van der Waals surface area contributed by atoms with E-state index in [0.717, 1.165) is 48.2 Å². The van der Waals surface area contributed by atoms with Gasteiger partial charge >= 0.3 is 0 Å². The first-order valence-electron chi connectivity index (χ1n) is 11.8. The summed E-state index contributed by atoms with van der Waals surface area (Å²) in [5, 5.41) is 0.964. The predicted octanol–water partition coefficient (Wildman–Crippen LogP) is 5.85. The van der Waals surface area contributed by atoms with Crippen LogP contribution in [-0.2, 0) is 17.6 Å². The lowest BCUT2D eigenvalue weighted by molar-refractivity contribution is -0.111. The van der Waals surface area contributed by atoms with E-state index < -0.39 is 0 Å². The molecular weight excluding hydrogens is 483 g/mol. The molecule has 1 heterocycles. The van der Waals surface area contributed by atoms with Crippen molar-refractivity contribution >= 4 is 35.2 Å². The largest absolute Gasteiger partial charge is 0.490 e.